The van der Waals surface area contributed by atoms with Crippen LogP contribution in [0.25, 0.3) is 0 Å². The van der Waals surface area contributed by atoms with E-state index >= 15 is 0 Å². The summed E-state index contributed by atoms with van der Waals surface area (Å²) in [6, 6.07) is 22.9. The van der Waals surface area contributed by atoms with E-state index in [0.29, 0.717) is 18.0 Å². The predicted octanol–water partition coefficient (Wildman–Crippen LogP) is 6.49. The molecule has 0 radical (unpaired) electrons. The maximum Gasteiger partial charge on any atom is 0.181 e. The number of anilines is 3. The van der Waals surface area contributed by atoms with Gasteiger partial charge in [0.25, 0.3) is 0 Å². The summed E-state index contributed by atoms with van der Waals surface area (Å²) in [5.74, 6) is 0.990. The molecule has 0 aliphatic carbocycles. The van der Waals surface area contributed by atoms with Crippen molar-refractivity contribution >= 4 is 26.9 Å². The van der Waals surface area contributed by atoms with Crippen LogP contribution in [-0.4, -0.2) is 83.5 Å². The molecule has 8 heteroatoms. The highest BCUT2D eigenvalue weighted by molar-refractivity contribution is 7.91. The normalized spacial score (nSPS) is 25.4. The van der Waals surface area contributed by atoms with E-state index in [2.05, 4.69) is 60.0 Å². The van der Waals surface area contributed by atoms with Crippen LogP contribution in [0.4, 0.5) is 17.1 Å². The fourth-order valence-electron chi connectivity index (χ4n) is 7.51. The first-order chi connectivity index (χ1) is 21.6. The van der Waals surface area contributed by atoms with Crippen LogP contribution in [-0.2, 0) is 23.0 Å². The summed E-state index contributed by atoms with van der Waals surface area (Å²) in [7, 11) is 0.523. The number of quaternary nitrogens is 1. The second kappa shape index (κ2) is 13.0. The summed E-state index contributed by atoms with van der Waals surface area (Å²) in [4.78, 5) is 7.29. The van der Waals surface area contributed by atoms with E-state index in [-0.39, 0.29) is 11.2 Å². The molecule has 3 aromatic rings. The zero-order valence-corrected chi connectivity index (χ0v) is 28.5. The van der Waals surface area contributed by atoms with Crippen LogP contribution >= 0.6 is 0 Å². The molecule has 3 aromatic carbocycles. The average Bonchev–Trinajstić information content (AvgIpc) is 3.16. The standard InChI is InChI=1S/C37H51N4O3S/c1-5-7-18-37(6-2)28-40(35-25-33(38(3)4)14-17-36(35)45(42,43)29-37)32-12-15-34(16-13-32)44-27-31-10-8-30(9-11-31)26-41-22-19-39(20-23-41)21-24-41/h8-17,25H,5-7,18-24,26-29H2,1-4H3/q+1/t37-/m0/s1. The summed E-state index contributed by atoms with van der Waals surface area (Å²) >= 11 is 0. The molecule has 0 unspecified atom stereocenters. The fourth-order valence-corrected chi connectivity index (χ4v) is 9.68. The molecule has 3 fully saturated rings. The Morgan fingerprint density at radius 3 is 2.18 bits per heavy atom. The minimum Gasteiger partial charge on any atom is -0.489 e. The number of rotatable bonds is 11. The van der Waals surface area contributed by atoms with Crippen molar-refractivity contribution in [3.63, 3.8) is 0 Å². The smallest absolute Gasteiger partial charge is 0.181 e. The summed E-state index contributed by atoms with van der Waals surface area (Å²) in [6.45, 7) is 14.2. The van der Waals surface area contributed by atoms with Crippen LogP contribution in [0.5, 0.6) is 5.75 Å². The number of hydrogen-bond acceptors (Lipinski definition) is 6. The van der Waals surface area contributed by atoms with E-state index in [0.717, 1.165) is 60.6 Å². The van der Waals surface area contributed by atoms with Gasteiger partial charge in [-0.05, 0) is 60.9 Å². The van der Waals surface area contributed by atoms with Gasteiger partial charge in [-0.25, -0.2) is 8.42 Å². The third-order valence-electron chi connectivity index (χ3n) is 10.7. The van der Waals surface area contributed by atoms with Gasteiger partial charge in [0.2, 0.25) is 0 Å². The highest BCUT2D eigenvalue weighted by Crippen LogP contribution is 2.45. The van der Waals surface area contributed by atoms with Crippen LogP contribution < -0.4 is 14.5 Å². The Labute approximate surface area is 270 Å². The van der Waals surface area contributed by atoms with Crippen molar-refractivity contribution in [2.24, 2.45) is 5.41 Å². The quantitative estimate of drug-likeness (QED) is 0.226. The number of ether oxygens (including phenoxy) is 1. The summed E-state index contributed by atoms with van der Waals surface area (Å²) in [5, 5.41) is 0. The average molecular weight is 632 g/mol. The minimum absolute atomic E-state index is 0.180. The molecule has 0 saturated carbocycles. The Balaban J connectivity index is 1.19. The van der Waals surface area contributed by atoms with Crippen molar-refractivity contribution in [2.45, 2.75) is 57.6 Å². The van der Waals surface area contributed by atoms with Gasteiger partial charge in [0.05, 0.1) is 36.0 Å². The number of piperazine rings is 3. The molecule has 4 aliphatic heterocycles. The molecular formula is C37H51N4O3S+. The Bertz CT molecular complexity index is 1550. The molecular weight excluding hydrogens is 580 g/mol. The first-order valence-electron chi connectivity index (χ1n) is 16.8. The van der Waals surface area contributed by atoms with Gasteiger partial charge in [-0.3, -0.25) is 4.90 Å². The van der Waals surface area contributed by atoms with Gasteiger partial charge < -0.3 is 19.0 Å². The molecule has 45 heavy (non-hydrogen) atoms. The van der Waals surface area contributed by atoms with Crippen molar-refractivity contribution in [3.05, 3.63) is 77.9 Å². The monoisotopic (exact) mass is 631 g/mol. The molecule has 2 bridgehead atoms. The van der Waals surface area contributed by atoms with Crippen molar-refractivity contribution in [3.8, 4) is 5.75 Å². The largest absolute Gasteiger partial charge is 0.489 e. The molecule has 1 atom stereocenters. The molecule has 0 amide bonds. The zero-order chi connectivity index (χ0) is 31.7. The maximum atomic E-state index is 13.9. The van der Waals surface area contributed by atoms with E-state index < -0.39 is 9.84 Å². The van der Waals surface area contributed by atoms with Crippen LogP contribution in [0, 0.1) is 5.41 Å². The lowest BCUT2D eigenvalue weighted by Crippen LogP contribution is -2.66. The molecule has 0 spiro atoms. The van der Waals surface area contributed by atoms with Crippen molar-refractivity contribution < 1.29 is 17.6 Å². The Kier molecular flexibility index (Phi) is 9.19. The number of fused-ring (bicyclic) bond motifs is 4. The van der Waals surface area contributed by atoms with Crippen LogP contribution in [0.15, 0.2) is 71.6 Å². The van der Waals surface area contributed by atoms with Crippen molar-refractivity contribution in [1.82, 2.24) is 4.90 Å². The van der Waals surface area contributed by atoms with E-state index in [1.165, 1.54) is 49.3 Å². The third-order valence-corrected chi connectivity index (χ3v) is 12.7. The van der Waals surface area contributed by atoms with Crippen LogP contribution in [0.3, 0.4) is 0 Å². The van der Waals surface area contributed by atoms with Gasteiger partial charge >= 0.3 is 0 Å². The van der Waals surface area contributed by atoms with Gasteiger partial charge in [-0.2, -0.15) is 0 Å². The van der Waals surface area contributed by atoms with Crippen LogP contribution in [0.2, 0.25) is 0 Å². The Hall–Kier alpha value is -3.07. The second-order valence-electron chi connectivity index (χ2n) is 14.0. The molecule has 7 nitrogen and oxygen atoms in total. The number of unbranched alkanes of at least 4 members (excludes halogenated alkanes) is 1. The second-order valence-corrected chi connectivity index (χ2v) is 15.9. The van der Waals surface area contributed by atoms with Crippen LogP contribution in [0.1, 0.15) is 50.7 Å². The number of sulfone groups is 1. The van der Waals surface area contributed by atoms with Gasteiger partial charge in [-0.1, -0.05) is 51.0 Å². The van der Waals surface area contributed by atoms with E-state index in [9.17, 15) is 8.42 Å². The van der Waals surface area contributed by atoms with E-state index in [4.69, 9.17) is 4.74 Å². The lowest BCUT2D eigenvalue weighted by molar-refractivity contribution is -0.953. The van der Waals surface area contributed by atoms with Crippen molar-refractivity contribution in [2.75, 3.05) is 75.5 Å². The number of benzene rings is 3. The summed E-state index contributed by atoms with van der Waals surface area (Å²) in [6.07, 6.45) is 3.77. The highest BCUT2D eigenvalue weighted by Gasteiger charge is 2.42. The van der Waals surface area contributed by atoms with Gasteiger partial charge in [0, 0.05) is 62.6 Å². The minimum atomic E-state index is -3.46. The van der Waals surface area contributed by atoms with E-state index in [1.807, 2.05) is 43.3 Å². The third kappa shape index (κ3) is 6.88. The Morgan fingerprint density at radius 1 is 0.889 bits per heavy atom. The van der Waals surface area contributed by atoms with Gasteiger partial charge in [0.1, 0.15) is 18.9 Å². The first kappa shape index (κ1) is 31.9. The lowest BCUT2D eigenvalue weighted by atomic mass is 9.81. The molecule has 242 valence electrons. The fraction of sp³-hybridized carbons (Fsp3) is 0.514. The lowest BCUT2D eigenvalue weighted by Gasteiger charge is -2.50. The zero-order valence-electron chi connectivity index (χ0n) is 27.7. The summed E-state index contributed by atoms with van der Waals surface area (Å²) < 4.78 is 35.2. The molecule has 7 rings (SSSR count). The number of hydrogen-bond donors (Lipinski definition) is 0. The molecule has 4 heterocycles. The predicted molar refractivity (Wildman–Crippen MR) is 184 cm³/mol. The highest BCUT2D eigenvalue weighted by atomic mass is 32.2. The van der Waals surface area contributed by atoms with Gasteiger partial charge in [-0.15, -0.1) is 0 Å². The van der Waals surface area contributed by atoms with Crippen molar-refractivity contribution in [1.29, 1.82) is 0 Å². The molecule has 3 saturated heterocycles. The van der Waals surface area contributed by atoms with E-state index in [1.54, 1.807) is 6.07 Å². The molecule has 0 aromatic heterocycles. The SMILES string of the molecule is CCCC[C@@]1(CC)CN(c2ccc(OCc3ccc(C[N+]45CCN(CC4)CC5)cc3)cc2)c2cc(N(C)C)ccc2S(=O)(=O)C1. The molecule has 0 N–H and O–H groups in total. The first-order valence-corrected chi connectivity index (χ1v) is 18.5. The molecule has 4 aliphatic rings. The maximum absolute atomic E-state index is 13.9. The Morgan fingerprint density at radius 2 is 1.56 bits per heavy atom. The van der Waals surface area contributed by atoms with Gasteiger partial charge in [0.15, 0.2) is 9.84 Å². The number of nitrogens with zero attached hydrogens (tertiary/aromatic N) is 4. The topological polar surface area (TPSA) is 53.1 Å². The summed E-state index contributed by atoms with van der Waals surface area (Å²) in [5.41, 5.74) is 5.00.